The molecule has 0 radical (unpaired) electrons. The minimum absolute atomic E-state index is 0.0783. The van der Waals surface area contributed by atoms with Gasteiger partial charge in [0.25, 0.3) is 5.91 Å². The van der Waals surface area contributed by atoms with Crippen molar-refractivity contribution in [2.45, 2.75) is 31.1 Å². The zero-order valence-corrected chi connectivity index (χ0v) is 17.6. The summed E-state index contributed by atoms with van der Waals surface area (Å²) >= 11 is 0. The summed E-state index contributed by atoms with van der Waals surface area (Å²) in [5.74, 6) is -0.498. The highest BCUT2D eigenvalue weighted by Crippen LogP contribution is 2.21. The largest absolute Gasteiger partial charge is 0.341 e. The lowest BCUT2D eigenvalue weighted by Gasteiger charge is -2.30. The van der Waals surface area contributed by atoms with Gasteiger partial charge in [0, 0.05) is 30.6 Å². The lowest BCUT2D eigenvalue weighted by molar-refractivity contribution is -0.130. The van der Waals surface area contributed by atoms with Crippen LogP contribution in [0.1, 0.15) is 35.2 Å². The lowest BCUT2D eigenvalue weighted by Crippen LogP contribution is -2.45. The van der Waals surface area contributed by atoms with Crippen LogP contribution in [0.4, 0.5) is 5.69 Å². The molecular formula is C22H26N2O4S. The number of hydrogen-bond donors (Lipinski definition) is 0. The number of rotatable bonds is 5. The summed E-state index contributed by atoms with van der Waals surface area (Å²) in [6, 6.07) is 13.3. The first-order valence-corrected chi connectivity index (χ1v) is 11.6. The lowest BCUT2D eigenvalue weighted by atomic mass is 10.1. The monoisotopic (exact) mass is 414 g/mol. The summed E-state index contributed by atoms with van der Waals surface area (Å²) in [6.45, 7) is 3.28. The Bertz CT molecular complexity index is 994. The fourth-order valence-corrected chi connectivity index (χ4v) is 4.07. The first-order valence-electron chi connectivity index (χ1n) is 9.72. The van der Waals surface area contributed by atoms with Gasteiger partial charge >= 0.3 is 0 Å². The normalized spacial score (nSPS) is 14.5. The van der Waals surface area contributed by atoms with E-state index in [-0.39, 0.29) is 22.9 Å². The van der Waals surface area contributed by atoms with Crippen LogP contribution in [-0.2, 0) is 14.6 Å². The summed E-state index contributed by atoms with van der Waals surface area (Å²) in [4.78, 5) is 29.4. The van der Waals surface area contributed by atoms with Crippen LogP contribution in [0, 0.1) is 6.92 Å². The third kappa shape index (κ3) is 5.23. The molecule has 2 aromatic rings. The molecule has 1 fully saturated rings. The first-order chi connectivity index (χ1) is 13.8. The van der Waals surface area contributed by atoms with Gasteiger partial charge < -0.3 is 4.90 Å². The average molecular weight is 415 g/mol. The van der Waals surface area contributed by atoms with Crippen LogP contribution in [-0.4, -0.2) is 51.0 Å². The molecule has 0 spiro atoms. The van der Waals surface area contributed by atoms with Crippen LogP contribution < -0.4 is 4.90 Å². The maximum Gasteiger partial charge on any atom is 0.258 e. The smallest absolute Gasteiger partial charge is 0.258 e. The maximum absolute atomic E-state index is 13.3. The van der Waals surface area contributed by atoms with E-state index in [0.717, 1.165) is 31.1 Å². The molecular weight excluding hydrogens is 388 g/mol. The Labute approximate surface area is 172 Å². The van der Waals surface area contributed by atoms with Gasteiger partial charge in [-0.1, -0.05) is 23.8 Å². The SMILES string of the molecule is Cc1ccc(N(CC(=O)N2CCCCC2)C(=O)c2cccc(S(C)(=O)=O)c2)cc1. The van der Waals surface area contributed by atoms with Crippen molar-refractivity contribution in [3.8, 4) is 0 Å². The van der Waals surface area contributed by atoms with Gasteiger partial charge in [-0.3, -0.25) is 14.5 Å². The van der Waals surface area contributed by atoms with Crippen LogP contribution in [0.5, 0.6) is 0 Å². The van der Waals surface area contributed by atoms with E-state index in [9.17, 15) is 18.0 Å². The summed E-state index contributed by atoms with van der Waals surface area (Å²) in [7, 11) is -3.44. The molecule has 2 amide bonds. The second kappa shape index (κ2) is 8.78. The van der Waals surface area contributed by atoms with Gasteiger partial charge in [-0.15, -0.1) is 0 Å². The van der Waals surface area contributed by atoms with Gasteiger partial charge in [-0.05, 0) is 56.5 Å². The second-order valence-electron chi connectivity index (χ2n) is 7.47. The Morgan fingerprint density at radius 2 is 1.66 bits per heavy atom. The predicted octanol–water partition coefficient (Wildman–Crippen LogP) is 3.06. The van der Waals surface area contributed by atoms with Crippen molar-refractivity contribution in [1.29, 1.82) is 0 Å². The van der Waals surface area contributed by atoms with Crippen molar-refractivity contribution < 1.29 is 18.0 Å². The highest BCUT2D eigenvalue weighted by molar-refractivity contribution is 7.90. The Morgan fingerprint density at radius 1 is 1.00 bits per heavy atom. The Balaban J connectivity index is 1.93. The Morgan fingerprint density at radius 3 is 2.28 bits per heavy atom. The fourth-order valence-electron chi connectivity index (χ4n) is 3.40. The molecule has 7 heteroatoms. The number of likely N-dealkylation sites (tertiary alicyclic amines) is 1. The molecule has 0 atom stereocenters. The molecule has 2 aromatic carbocycles. The average Bonchev–Trinajstić information content (AvgIpc) is 2.72. The van der Waals surface area contributed by atoms with E-state index in [2.05, 4.69) is 0 Å². The van der Waals surface area contributed by atoms with Crippen molar-refractivity contribution in [2.24, 2.45) is 0 Å². The number of carbonyl (C=O) groups is 2. The van der Waals surface area contributed by atoms with E-state index in [1.54, 1.807) is 29.2 Å². The van der Waals surface area contributed by atoms with Crippen LogP contribution >= 0.6 is 0 Å². The maximum atomic E-state index is 13.3. The molecule has 0 bridgehead atoms. The quantitative estimate of drug-likeness (QED) is 0.754. The van der Waals surface area contributed by atoms with Crippen molar-refractivity contribution in [3.05, 3.63) is 59.7 Å². The van der Waals surface area contributed by atoms with E-state index in [1.807, 2.05) is 19.1 Å². The number of carbonyl (C=O) groups excluding carboxylic acids is 2. The first kappa shape index (κ1) is 21.0. The number of benzene rings is 2. The Kier molecular flexibility index (Phi) is 6.37. The standard InChI is InChI=1S/C22H26N2O4S/c1-17-9-11-19(12-10-17)24(16-21(25)23-13-4-3-5-14-23)22(26)18-7-6-8-20(15-18)29(2,27)28/h6-12,15H,3-5,13-14,16H2,1-2H3. The van der Waals surface area contributed by atoms with Gasteiger partial charge in [-0.25, -0.2) is 8.42 Å². The summed E-state index contributed by atoms with van der Waals surface area (Å²) in [5.41, 5.74) is 1.89. The highest BCUT2D eigenvalue weighted by atomic mass is 32.2. The molecule has 29 heavy (non-hydrogen) atoms. The number of amides is 2. The van der Waals surface area contributed by atoms with Crippen LogP contribution in [0.2, 0.25) is 0 Å². The molecule has 0 unspecified atom stereocenters. The number of nitrogens with zero attached hydrogens (tertiary/aromatic N) is 2. The molecule has 1 saturated heterocycles. The zero-order chi connectivity index (χ0) is 21.0. The highest BCUT2D eigenvalue weighted by Gasteiger charge is 2.25. The van der Waals surface area contributed by atoms with E-state index in [1.165, 1.54) is 17.0 Å². The van der Waals surface area contributed by atoms with Crippen molar-refractivity contribution in [3.63, 3.8) is 0 Å². The number of hydrogen-bond acceptors (Lipinski definition) is 4. The number of piperidine rings is 1. The molecule has 1 aliphatic rings. The van der Waals surface area contributed by atoms with Crippen molar-refractivity contribution >= 4 is 27.3 Å². The topological polar surface area (TPSA) is 74.8 Å². The second-order valence-corrected chi connectivity index (χ2v) is 9.48. The molecule has 0 N–H and O–H groups in total. The molecule has 6 nitrogen and oxygen atoms in total. The molecule has 154 valence electrons. The van der Waals surface area contributed by atoms with Gasteiger partial charge in [0.15, 0.2) is 9.84 Å². The number of sulfone groups is 1. The van der Waals surface area contributed by atoms with Crippen LogP contribution in [0.3, 0.4) is 0 Å². The van der Waals surface area contributed by atoms with Gasteiger partial charge in [0.05, 0.1) is 4.90 Å². The van der Waals surface area contributed by atoms with Gasteiger partial charge in [0.2, 0.25) is 5.91 Å². The summed E-state index contributed by atoms with van der Waals surface area (Å²) in [6.07, 6.45) is 4.16. The van der Waals surface area contributed by atoms with Crippen LogP contribution in [0.25, 0.3) is 0 Å². The minimum atomic E-state index is -3.44. The zero-order valence-electron chi connectivity index (χ0n) is 16.8. The van der Waals surface area contributed by atoms with Crippen LogP contribution in [0.15, 0.2) is 53.4 Å². The number of aryl methyl sites for hydroxylation is 1. The molecule has 0 aliphatic carbocycles. The van der Waals surface area contributed by atoms with E-state index < -0.39 is 15.7 Å². The van der Waals surface area contributed by atoms with E-state index in [0.29, 0.717) is 18.8 Å². The van der Waals surface area contributed by atoms with E-state index in [4.69, 9.17) is 0 Å². The minimum Gasteiger partial charge on any atom is -0.341 e. The third-order valence-corrected chi connectivity index (χ3v) is 6.21. The Hall–Kier alpha value is -2.67. The molecule has 1 heterocycles. The third-order valence-electron chi connectivity index (χ3n) is 5.10. The fraction of sp³-hybridized carbons (Fsp3) is 0.364. The van der Waals surface area contributed by atoms with Gasteiger partial charge in [-0.2, -0.15) is 0 Å². The number of anilines is 1. The van der Waals surface area contributed by atoms with Gasteiger partial charge in [0.1, 0.15) is 6.54 Å². The summed E-state index contributed by atoms with van der Waals surface area (Å²) < 4.78 is 23.8. The van der Waals surface area contributed by atoms with Crippen molar-refractivity contribution in [1.82, 2.24) is 4.90 Å². The van der Waals surface area contributed by atoms with Crippen molar-refractivity contribution in [2.75, 3.05) is 30.8 Å². The predicted molar refractivity (Wildman–Crippen MR) is 113 cm³/mol. The van der Waals surface area contributed by atoms with E-state index >= 15 is 0 Å². The summed E-state index contributed by atoms with van der Waals surface area (Å²) in [5, 5.41) is 0. The molecule has 0 aromatic heterocycles. The molecule has 1 aliphatic heterocycles. The molecule has 3 rings (SSSR count). The molecule has 0 saturated carbocycles.